The standard InChI is InChI=1S/C20H25N3O3S/c1-4-23(17-8-10-27(25,26)13-17)16-7-9-21-19(12-16)20(24)22-18-11-14(2)5-6-15(18)3/h5-7,9,11-12,17H,4,8,10,13H2,1-3H3,(H,22,24). The van der Waals surface area contributed by atoms with E-state index in [9.17, 15) is 13.2 Å². The quantitative estimate of drug-likeness (QED) is 0.853. The molecule has 3 rings (SSSR count). The zero-order valence-corrected chi connectivity index (χ0v) is 16.7. The molecule has 0 saturated carbocycles. The highest BCUT2D eigenvalue weighted by atomic mass is 32.2. The summed E-state index contributed by atoms with van der Waals surface area (Å²) in [5, 5.41) is 2.92. The number of carbonyl (C=O) groups is 1. The number of rotatable bonds is 5. The average molecular weight is 388 g/mol. The van der Waals surface area contributed by atoms with Crippen molar-refractivity contribution >= 4 is 27.1 Å². The number of pyridine rings is 1. The molecular formula is C20H25N3O3S. The van der Waals surface area contributed by atoms with Crippen LogP contribution in [0.1, 0.15) is 35.0 Å². The van der Waals surface area contributed by atoms with Gasteiger partial charge in [-0.1, -0.05) is 12.1 Å². The Bertz CT molecular complexity index is 957. The van der Waals surface area contributed by atoms with Gasteiger partial charge in [-0.25, -0.2) is 8.42 Å². The van der Waals surface area contributed by atoms with Gasteiger partial charge in [-0.15, -0.1) is 0 Å². The maximum Gasteiger partial charge on any atom is 0.274 e. The number of aryl methyl sites for hydroxylation is 2. The third kappa shape index (κ3) is 4.47. The van der Waals surface area contributed by atoms with Crippen molar-refractivity contribution in [2.75, 3.05) is 28.3 Å². The molecule has 2 heterocycles. The lowest BCUT2D eigenvalue weighted by Crippen LogP contribution is -2.36. The Morgan fingerprint density at radius 2 is 2.04 bits per heavy atom. The number of hydrogen-bond donors (Lipinski definition) is 1. The number of carbonyl (C=O) groups excluding carboxylic acids is 1. The molecule has 1 amide bonds. The summed E-state index contributed by atoms with van der Waals surface area (Å²) in [6.45, 7) is 6.57. The van der Waals surface area contributed by atoms with Crippen molar-refractivity contribution in [3.8, 4) is 0 Å². The first kappa shape index (κ1) is 19.4. The van der Waals surface area contributed by atoms with Crippen molar-refractivity contribution < 1.29 is 13.2 Å². The number of nitrogens with zero attached hydrogens (tertiary/aromatic N) is 2. The average Bonchev–Trinajstić information content (AvgIpc) is 2.98. The van der Waals surface area contributed by atoms with Crippen LogP contribution in [0.25, 0.3) is 0 Å². The number of hydrogen-bond acceptors (Lipinski definition) is 5. The van der Waals surface area contributed by atoms with Gasteiger partial charge in [0.15, 0.2) is 9.84 Å². The van der Waals surface area contributed by atoms with E-state index in [1.165, 1.54) is 0 Å². The molecule has 6 nitrogen and oxygen atoms in total. The molecule has 1 fully saturated rings. The fourth-order valence-corrected chi connectivity index (χ4v) is 5.18. The summed E-state index contributed by atoms with van der Waals surface area (Å²) in [5.74, 6) is 0.104. The third-order valence-electron chi connectivity index (χ3n) is 4.94. The zero-order chi connectivity index (χ0) is 19.6. The summed E-state index contributed by atoms with van der Waals surface area (Å²) in [6.07, 6.45) is 2.21. The van der Waals surface area contributed by atoms with E-state index in [4.69, 9.17) is 0 Å². The van der Waals surface area contributed by atoms with Crippen LogP contribution in [0.3, 0.4) is 0 Å². The van der Waals surface area contributed by atoms with Gasteiger partial charge in [0.1, 0.15) is 5.69 Å². The summed E-state index contributed by atoms with van der Waals surface area (Å²) in [6, 6.07) is 9.39. The summed E-state index contributed by atoms with van der Waals surface area (Å²) < 4.78 is 23.7. The lowest BCUT2D eigenvalue weighted by Gasteiger charge is -2.29. The van der Waals surface area contributed by atoms with E-state index in [2.05, 4.69) is 10.3 Å². The molecule has 1 aromatic heterocycles. The first-order valence-electron chi connectivity index (χ1n) is 9.11. The molecule has 0 bridgehead atoms. The molecule has 7 heteroatoms. The first-order valence-corrected chi connectivity index (χ1v) is 10.9. The number of benzene rings is 1. The molecule has 1 aliphatic heterocycles. The summed E-state index contributed by atoms with van der Waals surface area (Å²) >= 11 is 0. The topological polar surface area (TPSA) is 79.4 Å². The predicted molar refractivity (Wildman–Crippen MR) is 108 cm³/mol. The molecule has 144 valence electrons. The highest BCUT2D eigenvalue weighted by Gasteiger charge is 2.32. The zero-order valence-electron chi connectivity index (χ0n) is 15.9. The minimum Gasteiger partial charge on any atom is -0.368 e. The number of nitrogens with one attached hydrogen (secondary N) is 1. The Morgan fingerprint density at radius 3 is 2.70 bits per heavy atom. The van der Waals surface area contributed by atoms with Gasteiger partial charge < -0.3 is 10.2 Å². The number of aromatic nitrogens is 1. The van der Waals surface area contributed by atoms with Gasteiger partial charge >= 0.3 is 0 Å². The van der Waals surface area contributed by atoms with E-state index in [0.29, 0.717) is 18.7 Å². The number of anilines is 2. The SMILES string of the molecule is CCN(c1ccnc(C(=O)Nc2cc(C)ccc2C)c1)C1CCS(=O)(=O)C1. The smallest absolute Gasteiger partial charge is 0.274 e. The molecule has 1 atom stereocenters. The van der Waals surface area contributed by atoms with Crippen molar-refractivity contribution in [1.82, 2.24) is 4.98 Å². The molecule has 1 N–H and O–H groups in total. The molecule has 0 spiro atoms. The second-order valence-electron chi connectivity index (χ2n) is 7.01. The van der Waals surface area contributed by atoms with Crippen molar-refractivity contribution in [2.45, 2.75) is 33.2 Å². The van der Waals surface area contributed by atoms with Crippen molar-refractivity contribution in [1.29, 1.82) is 0 Å². The van der Waals surface area contributed by atoms with Crippen LogP contribution >= 0.6 is 0 Å². The Hall–Kier alpha value is -2.41. The van der Waals surface area contributed by atoms with E-state index in [1.54, 1.807) is 12.3 Å². The van der Waals surface area contributed by atoms with E-state index < -0.39 is 9.84 Å². The molecule has 1 unspecified atom stereocenters. The fourth-order valence-electron chi connectivity index (χ4n) is 3.45. The Balaban J connectivity index is 1.82. The van der Waals surface area contributed by atoms with Gasteiger partial charge in [-0.3, -0.25) is 9.78 Å². The van der Waals surface area contributed by atoms with Crippen LogP contribution in [-0.4, -0.2) is 43.4 Å². The lowest BCUT2D eigenvalue weighted by molar-refractivity contribution is 0.102. The van der Waals surface area contributed by atoms with Crippen molar-refractivity contribution in [3.63, 3.8) is 0 Å². The van der Waals surface area contributed by atoms with Gasteiger partial charge in [-0.05, 0) is 56.5 Å². The van der Waals surface area contributed by atoms with Crippen LogP contribution in [0.5, 0.6) is 0 Å². The molecule has 0 radical (unpaired) electrons. The fraction of sp³-hybridized carbons (Fsp3) is 0.400. The van der Waals surface area contributed by atoms with Crippen molar-refractivity contribution in [3.05, 3.63) is 53.3 Å². The summed E-state index contributed by atoms with van der Waals surface area (Å²) in [4.78, 5) is 18.9. The second-order valence-corrected chi connectivity index (χ2v) is 9.24. The molecule has 0 aliphatic carbocycles. The van der Waals surface area contributed by atoms with E-state index >= 15 is 0 Å². The van der Waals surface area contributed by atoms with E-state index in [1.807, 2.05) is 49.9 Å². The highest BCUT2D eigenvalue weighted by molar-refractivity contribution is 7.91. The van der Waals surface area contributed by atoms with Crippen LogP contribution in [-0.2, 0) is 9.84 Å². The molecule has 1 saturated heterocycles. The maximum absolute atomic E-state index is 12.7. The molecule has 1 aromatic carbocycles. The Labute approximate surface area is 160 Å². The van der Waals surface area contributed by atoms with E-state index in [0.717, 1.165) is 22.5 Å². The predicted octanol–water partition coefficient (Wildman–Crippen LogP) is 2.96. The molecule has 1 aliphatic rings. The summed E-state index contributed by atoms with van der Waals surface area (Å²) in [5.41, 5.74) is 3.95. The third-order valence-corrected chi connectivity index (χ3v) is 6.69. The van der Waals surface area contributed by atoms with Gasteiger partial charge in [0.25, 0.3) is 5.91 Å². The van der Waals surface area contributed by atoms with Gasteiger partial charge in [0.05, 0.1) is 11.5 Å². The normalized spacial score (nSPS) is 18.3. The molecular weight excluding hydrogens is 362 g/mol. The van der Waals surface area contributed by atoms with Crippen LogP contribution in [0.15, 0.2) is 36.5 Å². The second kappa shape index (κ2) is 7.68. The highest BCUT2D eigenvalue weighted by Crippen LogP contribution is 2.25. The minimum absolute atomic E-state index is 0.0580. The largest absolute Gasteiger partial charge is 0.368 e. The van der Waals surface area contributed by atoms with Crippen LogP contribution < -0.4 is 10.2 Å². The van der Waals surface area contributed by atoms with Crippen LogP contribution in [0, 0.1) is 13.8 Å². The summed E-state index contributed by atoms with van der Waals surface area (Å²) in [7, 11) is -2.97. The van der Waals surface area contributed by atoms with Crippen LogP contribution in [0.4, 0.5) is 11.4 Å². The van der Waals surface area contributed by atoms with Gasteiger partial charge in [-0.2, -0.15) is 0 Å². The van der Waals surface area contributed by atoms with Crippen molar-refractivity contribution in [2.24, 2.45) is 0 Å². The first-order chi connectivity index (χ1) is 12.8. The Kier molecular flexibility index (Phi) is 5.51. The van der Waals surface area contributed by atoms with Gasteiger partial charge in [0.2, 0.25) is 0 Å². The minimum atomic E-state index is -2.97. The lowest BCUT2D eigenvalue weighted by atomic mass is 10.1. The monoisotopic (exact) mass is 387 g/mol. The van der Waals surface area contributed by atoms with Crippen LogP contribution in [0.2, 0.25) is 0 Å². The maximum atomic E-state index is 12.7. The van der Waals surface area contributed by atoms with E-state index in [-0.39, 0.29) is 23.5 Å². The van der Waals surface area contributed by atoms with Gasteiger partial charge in [0, 0.05) is 30.2 Å². The Morgan fingerprint density at radius 1 is 1.26 bits per heavy atom. The molecule has 2 aromatic rings. The number of sulfone groups is 1. The number of amides is 1. The molecule has 27 heavy (non-hydrogen) atoms.